The maximum absolute atomic E-state index is 4.55. The van der Waals surface area contributed by atoms with Gasteiger partial charge in [-0.2, -0.15) is 5.10 Å². The second-order valence-electron chi connectivity index (χ2n) is 4.04. The Balaban J connectivity index is 2.21. The Kier molecular flexibility index (Phi) is 3.97. The van der Waals surface area contributed by atoms with E-state index in [1.807, 2.05) is 17.9 Å². The van der Waals surface area contributed by atoms with Gasteiger partial charge in [-0.25, -0.2) is 4.68 Å². The number of aryl methyl sites for hydroxylation is 1. The molecule has 90 valence electrons. The van der Waals surface area contributed by atoms with Gasteiger partial charge in [0.15, 0.2) is 0 Å². The fourth-order valence-corrected chi connectivity index (χ4v) is 1.91. The molecular weight excluding hydrogens is 278 g/mol. The lowest BCUT2D eigenvalue weighted by molar-refractivity contribution is 0.754. The van der Waals surface area contributed by atoms with Crippen LogP contribution in [0.2, 0.25) is 0 Å². The summed E-state index contributed by atoms with van der Waals surface area (Å²) in [5.74, 6) is 0. The van der Waals surface area contributed by atoms with Gasteiger partial charge < -0.3 is 5.32 Å². The van der Waals surface area contributed by atoms with E-state index in [4.69, 9.17) is 0 Å². The molecule has 4 heteroatoms. The maximum atomic E-state index is 4.55. The number of hydrogen-bond acceptors (Lipinski definition) is 2. The Bertz CT molecular complexity index is 505. The number of halogens is 1. The lowest BCUT2D eigenvalue weighted by Gasteiger charge is -2.04. The predicted octanol–water partition coefficient (Wildman–Crippen LogP) is 2.71. The first-order chi connectivity index (χ1) is 8.20. The average molecular weight is 294 g/mol. The Morgan fingerprint density at radius 2 is 2.18 bits per heavy atom. The van der Waals surface area contributed by atoms with Crippen LogP contribution >= 0.6 is 15.9 Å². The van der Waals surface area contributed by atoms with Gasteiger partial charge in [-0.3, -0.25) is 0 Å². The third-order valence-electron chi connectivity index (χ3n) is 2.68. The molecule has 0 aliphatic carbocycles. The van der Waals surface area contributed by atoms with Crippen LogP contribution in [0.3, 0.4) is 0 Å². The molecule has 0 unspecified atom stereocenters. The second kappa shape index (κ2) is 5.47. The third kappa shape index (κ3) is 2.96. The van der Waals surface area contributed by atoms with Crippen molar-refractivity contribution in [3.8, 4) is 5.69 Å². The quantitative estimate of drug-likeness (QED) is 0.939. The molecule has 17 heavy (non-hydrogen) atoms. The van der Waals surface area contributed by atoms with Gasteiger partial charge in [-0.05, 0) is 43.8 Å². The van der Waals surface area contributed by atoms with E-state index in [0.29, 0.717) is 0 Å². The number of aromatic nitrogens is 2. The van der Waals surface area contributed by atoms with Crippen molar-refractivity contribution in [2.24, 2.45) is 0 Å². The lowest BCUT2D eigenvalue weighted by Crippen LogP contribution is -2.10. The minimum Gasteiger partial charge on any atom is -0.319 e. The summed E-state index contributed by atoms with van der Waals surface area (Å²) in [6, 6.07) is 8.30. The topological polar surface area (TPSA) is 29.9 Å². The van der Waals surface area contributed by atoms with Crippen molar-refractivity contribution in [3.63, 3.8) is 0 Å². The molecule has 3 nitrogen and oxygen atoms in total. The Hall–Kier alpha value is -1.13. The zero-order chi connectivity index (χ0) is 12.3. The van der Waals surface area contributed by atoms with Gasteiger partial charge in [0.2, 0.25) is 0 Å². The van der Waals surface area contributed by atoms with Crippen molar-refractivity contribution in [1.82, 2.24) is 15.1 Å². The smallest absolute Gasteiger partial charge is 0.0649 e. The van der Waals surface area contributed by atoms with Crippen molar-refractivity contribution in [3.05, 3.63) is 46.2 Å². The van der Waals surface area contributed by atoms with E-state index in [2.05, 4.69) is 57.5 Å². The van der Waals surface area contributed by atoms with E-state index in [-0.39, 0.29) is 0 Å². The molecule has 0 atom stereocenters. The van der Waals surface area contributed by atoms with E-state index >= 15 is 0 Å². The fraction of sp³-hybridized carbons (Fsp3) is 0.308. The predicted molar refractivity (Wildman–Crippen MR) is 73.6 cm³/mol. The van der Waals surface area contributed by atoms with Gasteiger partial charge in [-0.1, -0.05) is 15.9 Å². The number of hydrogen-bond donors (Lipinski definition) is 1. The Morgan fingerprint density at radius 3 is 2.88 bits per heavy atom. The molecule has 1 aromatic heterocycles. The lowest BCUT2D eigenvalue weighted by atomic mass is 10.2. The van der Waals surface area contributed by atoms with Crippen LogP contribution in [0.25, 0.3) is 5.69 Å². The van der Waals surface area contributed by atoms with Gasteiger partial charge in [0.1, 0.15) is 0 Å². The minimum absolute atomic E-state index is 0.955. The molecule has 0 saturated heterocycles. The SMILES string of the molecule is CNCCc1ccn(-c2ccc(Br)c(C)c2)n1. The van der Waals surface area contributed by atoms with E-state index in [1.54, 1.807) is 0 Å². The summed E-state index contributed by atoms with van der Waals surface area (Å²) in [5, 5.41) is 7.68. The van der Waals surface area contributed by atoms with Gasteiger partial charge in [0, 0.05) is 23.6 Å². The van der Waals surface area contributed by atoms with Crippen molar-refractivity contribution < 1.29 is 0 Å². The average Bonchev–Trinajstić information content (AvgIpc) is 2.79. The molecule has 0 aliphatic heterocycles. The van der Waals surface area contributed by atoms with Crippen molar-refractivity contribution >= 4 is 15.9 Å². The van der Waals surface area contributed by atoms with Gasteiger partial charge in [-0.15, -0.1) is 0 Å². The first-order valence-corrected chi connectivity index (χ1v) is 6.45. The standard InChI is InChI=1S/C13H16BrN3/c1-10-9-12(3-4-13(10)14)17-8-6-11(16-17)5-7-15-2/h3-4,6,8-9,15H,5,7H2,1-2H3. The summed E-state index contributed by atoms with van der Waals surface area (Å²) < 4.78 is 3.05. The van der Waals surface area contributed by atoms with Crippen LogP contribution in [-0.4, -0.2) is 23.4 Å². The first kappa shape index (κ1) is 12.3. The molecule has 1 N–H and O–H groups in total. The first-order valence-electron chi connectivity index (χ1n) is 5.66. The number of nitrogens with zero attached hydrogens (tertiary/aromatic N) is 2. The molecule has 0 saturated carbocycles. The molecule has 0 fully saturated rings. The van der Waals surface area contributed by atoms with Crippen molar-refractivity contribution in [1.29, 1.82) is 0 Å². The summed E-state index contributed by atoms with van der Waals surface area (Å²) >= 11 is 3.50. The van der Waals surface area contributed by atoms with Gasteiger partial charge in [0.25, 0.3) is 0 Å². The van der Waals surface area contributed by atoms with Crippen LogP contribution < -0.4 is 5.32 Å². The molecule has 1 aromatic carbocycles. The highest BCUT2D eigenvalue weighted by Gasteiger charge is 2.02. The Morgan fingerprint density at radius 1 is 1.35 bits per heavy atom. The van der Waals surface area contributed by atoms with E-state index < -0.39 is 0 Å². The summed E-state index contributed by atoms with van der Waals surface area (Å²) in [5.41, 5.74) is 3.43. The van der Waals surface area contributed by atoms with E-state index in [0.717, 1.165) is 28.8 Å². The van der Waals surface area contributed by atoms with Crippen molar-refractivity contribution in [2.75, 3.05) is 13.6 Å². The van der Waals surface area contributed by atoms with E-state index in [9.17, 15) is 0 Å². The molecule has 1 heterocycles. The highest BCUT2D eigenvalue weighted by molar-refractivity contribution is 9.10. The molecular formula is C13H16BrN3. The minimum atomic E-state index is 0.955. The highest BCUT2D eigenvalue weighted by Crippen LogP contribution is 2.19. The van der Waals surface area contributed by atoms with Crippen LogP contribution in [0.4, 0.5) is 0 Å². The van der Waals surface area contributed by atoms with Gasteiger partial charge >= 0.3 is 0 Å². The van der Waals surface area contributed by atoms with Crippen molar-refractivity contribution in [2.45, 2.75) is 13.3 Å². The number of benzene rings is 1. The molecule has 0 spiro atoms. The molecule has 0 bridgehead atoms. The summed E-state index contributed by atoms with van der Waals surface area (Å²) in [6.07, 6.45) is 2.96. The zero-order valence-electron chi connectivity index (χ0n) is 10.1. The monoisotopic (exact) mass is 293 g/mol. The van der Waals surface area contributed by atoms with Crippen LogP contribution in [-0.2, 0) is 6.42 Å². The molecule has 0 aliphatic rings. The Labute approximate surface area is 110 Å². The largest absolute Gasteiger partial charge is 0.319 e. The van der Waals surface area contributed by atoms with Crippen LogP contribution in [0.15, 0.2) is 34.9 Å². The van der Waals surface area contributed by atoms with Gasteiger partial charge in [0.05, 0.1) is 11.4 Å². The third-order valence-corrected chi connectivity index (χ3v) is 3.57. The summed E-state index contributed by atoms with van der Waals surface area (Å²) in [6.45, 7) is 3.04. The zero-order valence-corrected chi connectivity index (χ0v) is 11.7. The van der Waals surface area contributed by atoms with Crippen LogP contribution in [0, 0.1) is 6.92 Å². The summed E-state index contributed by atoms with van der Waals surface area (Å²) in [7, 11) is 1.95. The molecule has 2 rings (SSSR count). The molecule has 0 radical (unpaired) electrons. The van der Waals surface area contributed by atoms with Crippen LogP contribution in [0.1, 0.15) is 11.3 Å². The maximum Gasteiger partial charge on any atom is 0.0649 e. The number of likely N-dealkylation sites (N-methyl/N-ethyl adjacent to an activating group) is 1. The fourth-order valence-electron chi connectivity index (χ4n) is 1.66. The second-order valence-corrected chi connectivity index (χ2v) is 4.89. The van der Waals surface area contributed by atoms with Crippen LogP contribution in [0.5, 0.6) is 0 Å². The highest BCUT2D eigenvalue weighted by atomic mass is 79.9. The summed E-state index contributed by atoms with van der Waals surface area (Å²) in [4.78, 5) is 0. The normalized spacial score (nSPS) is 10.8. The number of rotatable bonds is 4. The van der Waals surface area contributed by atoms with E-state index in [1.165, 1.54) is 5.56 Å². The molecule has 2 aromatic rings. The molecule has 0 amide bonds. The number of nitrogens with one attached hydrogen (secondary N) is 1.